The van der Waals surface area contributed by atoms with Crippen molar-refractivity contribution in [1.29, 1.82) is 0 Å². The van der Waals surface area contributed by atoms with E-state index >= 15 is 0 Å². The number of benzene rings is 2. The summed E-state index contributed by atoms with van der Waals surface area (Å²) in [5.41, 5.74) is 1.99. The minimum atomic E-state index is -4.69. The molecule has 6 nitrogen and oxygen atoms in total. The van der Waals surface area contributed by atoms with Crippen LogP contribution >= 0.6 is 15.9 Å². The first-order valence-electron chi connectivity index (χ1n) is 6.88. The van der Waals surface area contributed by atoms with Crippen LogP contribution in [0, 0.1) is 10.2 Å². The summed E-state index contributed by atoms with van der Waals surface area (Å²) in [5.74, 6) is 0.205. The number of hydrogen-bond donors (Lipinski definition) is 1. The summed E-state index contributed by atoms with van der Waals surface area (Å²) in [7, 11) is -2.70. The molecule has 128 valence electrons. The third-order valence-corrected chi connectivity index (χ3v) is 4.15. The van der Waals surface area contributed by atoms with Crippen molar-refractivity contribution < 1.29 is 33.7 Å². The predicted octanol–water partition coefficient (Wildman–Crippen LogP) is -0.437. The molecule has 1 heterocycles. The van der Waals surface area contributed by atoms with E-state index in [9.17, 15) is 4.79 Å². The van der Waals surface area contributed by atoms with Crippen molar-refractivity contribution in [2.45, 2.75) is 12.1 Å². The number of carbonyl (C=O) groups is 1. The van der Waals surface area contributed by atoms with Gasteiger partial charge in [0.2, 0.25) is 0 Å². The molecule has 0 aromatic heterocycles. The molecule has 0 spiro atoms. The summed E-state index contributed by atoms with van der Waals surface area (Å²) < 4.78 is 33.8. The first-order valence-corrected chi connectivity index (χ1v) is 8.94. The van der Waals surface area contributed by atoms with Gasteiger partial charge >= 0.3 is 0 Å². The number of ketones is 1. The quantitative estimate of drug-likeness (QED) is 0.537. The Bertz CT molecular complexity index is 684. The lowest BCUT2D eigenvalue weighted by Crippen LogP contribution is -2.58. The van der Waals surface area contributed by atoms with Crippen molar-refractivity contribution in [2.75, 3.05) is 7.05 Å². The van der Waals surface area contributed by atoms with Gasteiger partial charge in [0.1, 0.15) is 0 Å². The van der Waals surface area contributed by atoms with Crippen LogP contribution in [0.4, 0.5) is 0 Å². The van der Waals surface area contributed by atoms with Crippen molar-refractivity contribution in [3.05, 3.63) is 70.2 Å². The van der Waals surface area contributed by atoms with Crippen LogP contribution in [0.5, 0.6) is 0 Å². The van der Waals surface area contributed by atoms with E-state index < -0.39 is 10.2 Å². The molecular weight excluding hydrogens is 402 g/mol. The predicted molar refractivity (Wildman–Crippen MR) is 81.4 cm³/mol. The Kier molecular flexibility index (Phi) is 6.11. The fraction of sp³-hybridized carbons (Fsp3) is 0.188. The molecule has 0 aliphatic carbocycles. The van der Waals surface area contributed by atoms with E-state index in [-0.39, 0.29) is 17.9 Å². The van der Waals surface area contributed by atoms with Crippen LogP contribution in [0.15, 0.2) is 59.1 Å². The third-order valence-electron chi connectivity index (χ3n) is 3.63. The van der Waals surface area contributed by atoms with Crippen LogP contribution in [0.3, 0.4) is 0 Å². The summed E-state index contributed by atoms with van der Waals surface area (Å²) in [6.45, 7) is 0. The van der Waals surface area contributed by atoms with Crippen LogP contribution in [-0.2, 0) is 0 Å². The molecule has 1 aliphatic heterocycles. The average Bonchev–Trinajstić information content (AvgIpc) is 3.18. The summed E-state index contributed by atoms with van der Waals surface area (Å²) in [6, 6.07) is 17.9. The smallest absolute Gasteiger partial charge is 0.181 e. The zero-order chi connectivity index (χ0) is 17.9. The van der Waals surface area contributed by atoms with Gasteiger partial charge in [-0.05, 0) is 24.7 Å². The molecule has 1 fully saturated rings. The molecule has 3 atom stereocenters. The summed E-state index contributed by atoms with van der Waals surface area (Å²) in [5, 5.41) is 0. The highest BCUT2D eigenvalue weighted by Gasteiger charge is 2.50. The Hall–Kier alpha value is -1.32. The molecule has 2 aromatic carbocycles. The van der Waals surface area contributed by atoms with E-state index in [1.807, 2.05) is 49.5 Å². The lowest BCUT2D eigenvalue weighted by Gasteiger charge is -2.03. The molecule has 1 aliphatic rings. The lowest BCUT2D eigenvalue weighted by molar-refractivity contribution is -1.92. The summed E-state index contributed by atoms with van der Waals surface area (Å²) in [4.78, 5) is 14.5. The van der Waals surface area contributed by atoms with Crippen molar-refractivity contribution in [3.8, 4) is 0 Å². The van der Waals surface area contributed by atoms with Gasteiger partial charge in [-0.15, -0.1) is 0 Å². The van der Waals surface area contributed by atoms with Gasteiger partial charge in [0.25, 0.3) is 0 Å². The number of halogens is 2. The minimum Gasteiger partial charge on any atom is -0.292 e. The van der Waals surface area contributed by atoms with Gasteiger partial charge in [-0.3, -0.25) is 9.69 Å². The van der Waals surface area contributed by atoms with Gasteiger partial charge in [0.05, 0.1) is 27.0 Å². The van der Waals surface area contributed by atoms with Crippen LogP contribution in [0.25, 0.3) is 0 Å². The molecule has 3 unspecified atom stereocenters. The molecule has 0 bridgehead atoms. The maximum atomic E-state index is 12.4. The van der Waals surface area contributed by atoms with Gasteiger partial charge in [-0.2, -0.15) is 14.0 Å². The van der Waals surface area contributed by atoms with Gasteiger partial charge in [-0.25, -0.2) is 0 Å². The molecule has 2 aromatic rings. The van der Waals surface area contributed by atoms with Gasteiger partial charge in [0, 0.05) is 10.0 Å². The highest BCUT2D eigenvalue weighted by atomic mass is 79.9. The Balaban J connectivity index is 0.000000368. The summed E-state index contributed by atoms with van der Waals surface area (Å²) in [6.07, 6.45) is 0. The van der Waals surface area contributed by atoms with Gasteiger partial charge in [-0.1, -0.05) is 58.4 Å². The van der Waals surface area contributed by atoms with E-state index in [1.165, 1.54) is 5.56 Å². The Morgan fingerprint density at radius 1 is 1.08 bits per heavy atom. The second kappa shape index (κ2) is 7.71. The van der Waals surface area contributed by atoms with Crippen molar-refractivity contribution >= 4 is 21.7 Å². The van der Waals surface area contributed by atoms with E-state index in [4.69, 9.17) is 18.6 Å². The second-order valence-corrected chi connectivity index (χ2v) is 6.94. The number of Topliss-reactive ketones (excluding diaryl/α,β-unsaturated/α-hetero) is 1. The van der Waals surface area contributed by atoms with Crippen LogP contribution < -0.4 is 14.0 Å². The number of nitrogens with zero attached hydrogens (tertiary/aromatic N) is 1. The molecule has 8 heteroatoms. The maximum absolute atomic E-state index is 12.4. The fourth-order valence-corrected chi connectivity index (χ4v) is 2.78. The second-order valence-electron chi connectivity index (χ2n) is 5.23. The molecule has 0 radical (unpaired) electrons. The molecule has 0 amide bonds. The highest BCUT2D eigenvalue weighted by molar-refractivity contribution is 9.10. The van der Waals surface area contributed by atoms with E-state index in [1.54, 1.807) is 0 Å². The van der Waals surface area contributed by atoms with Gasteiger partial charge < -0.3 is 0 Å². The first kappa shape index (κ1) is 19.0. The SMILES string of the molecule is CN1C(C(=O)c2ccccc2)C1c1ccc(Br)cc1.[O-][Cl+3]([O-])([O-])O. The zero-order valence-corrected chi connectivity index (χ0v) is 15.0. The molecule has 0 saturated carbocycles. The first-order chi connectivity index (χ1) is 11.2. The molecule has 1 N–H and O–H groups in total. The fourth-order valence-electron chi connectivity index (χ4n) is 2.52. The van der Waals surface area contributed by atoms with E-state index in [2.05, 4.69) is 33.0 Å². The van der Waals surface area contributed by atoms with Crippen molar-refractivity contribution in [1.82, 2.24) is 4.90 Å². The normalized spacial score (nSPS) is 22.3. The number of hydrogen-bond acceptors (Lipinski definition) is 6. The van der Waals surface area contributed by atoms with E-state index in [0.29, 0.717) is 0 Å². The number of likely N-dealkylation sites (N-methyl/N-ethyl adjacent to an activating group) is 1. The Morgan fingerprint density at radius 2 is 1.58 bits per heavy atom. The van der Waals surface area contributed by atoms with Crippen LogP contribution in [0.1, 0.15) is 22.0 Å². The van der Waals surface area contributed by atoms with Crippen LogP contribution in [-0.4, -0.2) is 28.4 Å². The maximum Gasteiger partial charge on any atom is 0.181 e. The number of rotatable bonds is 3. The Morgan fingerprint density at radius 3 is 2.08 bits per heavy atom. The van der Waals surface area contributed by atoms with Crippen molar-refractivity contribution in [2.24, 2.45) is 0 Å². The molecule has 1 saturated heterocycles. The van der Waals surface area contributed by atoms with Gasteiger partial charge in [0.15, 0.2) is 5.78 Å². The zero-order valence-electron chi connectivity index (χ0n) is 12.6. The third kappa shape index (κ3) is 5.35. The summed E-state index contributed by atoms with van der Waals surface area (Å²) >= 11 is 3.43. The van der Waals surface area contributed by atoms with Crippen LogP contribution in [0.2, 0.25) is 0 Å². The van der Waals surface area contributed by atoms with Crippen molar-refractivity contribution in [3.63, 3.8) is 0 Å². The van der Waals surface area contributed by atoms with E-state index in [0.717, 1.165) is 10.0 Å². The standard InChI is InChI=1S/C16H14BrNO.ClHO4/c1-18-14(11-7-9-13(17)10-8-11)15(18)16(19)12-5-3-2-4-6-12;2-1(3,4)5/h2-10,14-15H,1H3;(H,2,3,4,5). The topological polar surface area (TPSA) is 109 Å². The molecular formula is C16H15BrClNO5. The number of carbonyl (C=O) groups excluding carboxylic acids is 1. The molecule has 24 heavy (non-hydrogen) atoms. The monoisotopic (exact) mass is 415 g/mol. The lowest BCUT2D eigenvalue weighted by atomic mass is 10.0. The average molecular weight is 417 g/mol. The highest BCUT2D eigenvalue weighted by Crippen LogP contribution is 2.43. The molecule has 3 rings (SSSR count). The Labute approximate surface area is 149 Å². The largest absolute Gasteiger partial charge is 0.292 e. The minimum absolute atomic E-state index is 0.0245.